The zero-order valence-electron chi connectivity index (χ0n) is 16.0. The first-order valence-electron chi connectivity index (χ1n) is 9.09. The number of hydrogen-bond acceptors (Lipinski definition) is 6. The summed E-state index contributed by atoms with van der Waals surface area (Å²) in [4.78, 5) is 39.2. The molecule has 1 fully saturated rings. The minimum Gasteiger partial charge on any atom is -0.465 e. The van der Waals surface area contributed by atoms with Gasteiger partial charge >= 0.3 is 5.97 Å². The molecule has 0 radical (unpaired) electrons. The molecule has 2 aliphatic heterocycles. The Bertz CT molecular complexity index is 980. The van der Waals surface area contributed by atoms with Gasteiger partial charge in [0, 0.05) is 22.2 Å². The molecular weight excluding hydrogens is 438 g/mol. The lowest BCUT2D eigenvalue weighted by atomic mass is 9.68. The van der Waals surface area contributed by atoms with Crippen molar-refractivity contribution in [2.24, 2.45) is 11.1 Å². The van der Waals surface area contributed by atoms with Crippen molar-refractivity contribution in [3.8, 4) is 6.07 Å². The summed E-state index contributed by atoms with van der Waals surface area (Å²) < 4.78 is 6.01. The van der Waals surface area contributed by atoms with Crippen molar-refractivity contribution in [1.29, 1.82) is 5.26 Å². The Labute approximate surface area is 176 Å². The second-order valence-corrected chi connectivity index (χ2v) is 7.89. The molecule has 1 aromatic rings. The Balaban J connectivity index is 2.30. The van der Waals surface area contributed by atoms with Gasteiger partial charge < -0.3 is 15.4 Å². The van der Waals surface area contributed by atoms with Gasteiger partial charge in [0.05, 0.1) is 18.7 Å². The lowest BCUT2D eigenvalue weighted by Crippen LogP contribution is -2.45. The first-order chi connectivity index (χ1) is 13.8. The van der Waals surface area contributed by atoms with Gasteiger partial charge in [0.1, 0.15) is 6.04 Å². The lowest BCUT2D eigenvalue weighted by Gasteiger charge is -2.32. The number of primary amides is 1. The number of nitrogens with zero attached hydrogens (tertiary/aromatic N) is 2. The molecule has 29 heavy (non-hydrogen) atoms. The van der Waals surface area contributed by atoms with Crippen molar-refractivity contribution in [2.75, 3.05) is 6.61 Å². The molecule has 2 aliphatic rings. The fraction of sp³-hybridized carbons (Fsp3) is 0.333. The monoisotopic (exact) mass is 457 g/mol. The van der Waals surface area contributed by atoms with Gasteiger partial charge in [-0.05, 0) is 31.5 Å². The molecule has 4 unspecified atom stereocenters. The minimum atomic E-state index is -1.72. The number of nitrogens with two attached hydrogens (primary N) is 1. The summed E-state index contributed by atoms with van der Waals surface area (Å²) in [6.07, 6.45) is 4.67. The van der Waals surface area contributed by atoms with Crippen molar-refractivity contribution < 1.29 is 19.1 Å². The van der Waals surface area contributed by atoms with Crippen LogP contribution in [0.1, 0.15) is 25.3 Å². The van der Waals surface area contributed by atoms with Gasteiger partial charge in [-0.25, -0.2) is 0 Å². The molecule has 3 rings (SSSR count). The van der Waals surface area contributed by atoms with Crippen LogP contribution in [0.5, 0.6) is 0 Å². The fourth-order valence-electron chi connectivity index (χ4n) is 4.17. The van der Waals surface area contributed by atoms with E-state index in [-0.39, 0.29) is 12.4 Å². The van der Waals surface area contributed by atoms with Gasteiger partial charge in [-0.2, -0.15) is 5.26 Å². The van der Waals surface area contributed by atoms with Crippen LogP contribution in [0.3, 0.4) is 0 Å². The molecule has 2 heterocycles. The molecular formula is C21H20BrN3O4. The Morgan fingerprint density at radius 1 is 1.38 bits per heavy atom. The van der Waals surface area contributed by atoms with E-state index in [1.54, 1.807) is 48.2 Å². The fourth-order valence-corrected chi connectivity index (χ4v) is 4.58. The quantitative estimate of drug-likeness (QED) is 0.677. The topological polar surface area (TPSA) is 113 Å². The van der Waals surface area contributed by atoms with Gasteiger partial charge in [-0.1, -0.05) is 40.2 Å². The number of halogens is 1. The second kappa shape index (κ2) is 7.84. The highest BCUT2D eigenvalue weighted by atomic mass is 79.9. The van der Waals surface area contributed by atoms with Crippen LogP contribution in [-0.2, 0) is 19.1 Å². The molecule has 0 aromatic heterocycles. The molecule has 2 N–H and O–H groups in total. The Morgan fingerprint density at radius 2 is 2.10 bits per heavy atom. The summed E-state index contributed by atoms with van der Waals surface area (Å²) in [5, 5.41) is 10.3. The van der Waals surface area contributed by atoms with E-state index in [0.717, 1.165) is 4.47 Å². The minimum absolute atomic E-state index is 0.0830. The zero-order valence-corrected chi connectivity index (χ0v) is 17.5. The van der Waals surface area contributed by atoms with Gasteiger partial charge in [-0.15, -0.1) is 0 Å². The van der Waals surface area contributed by atoms with Crippen LogP contribution < -0.4 is 5.73 Å². The summed E-state index contributed by atoms with van der Waals surface area (Å²) >= 11 is 3.40. The lowest BCUT2D eigenvalue weighted by molar-refractivity contribution is -0.153. The van der Waals surface area contributed by atoms with Crippen molar-refractivity contribution in [3.63, 3.8) is 0 Å². The Kier molecular flexibility index (Phi) is 5.62. The van der Waals surface area contributed by atoms with E-state index < -0.39 is 35.3 Å². The maximum Gasteiger partial charge on any atom is 0.329 e. The van der Waals surface area contributed by atoms with Gasteiger partial charge in [0.25, 0.3) is 0 Å². The van der Waals surface area contributed by atoms with Gasteiger partial charge in [0.15, 0.2) is 11.2 Å². The van der Waals surface area contributed by atoms with E-state index >= 15 is 0 Å². The average Bonchev–Trinajstić information content (AvgIpc) is 2.99. The number of carbonyl (C=O) groups excluding carboxylic acids is 3. The maximum absolute atomic E-state index is 13.1. The van der Waals surface area contributed by atoms with Crippen LogP contribution in [0.25, 0.3) is 0 Å². The summed E-state index contributed by atoms with van der Waals surface area (Å²) in [6, 6.07) is 7.39. The maximum atomic E-state index is 13.1. The van der Waals surface area contributed by atoms with Crippen molar-refractivity contribution >= 4 is 33.6 Å². The number of amides is 1. The first kappa shape index (κ1) is 20.8. The number of ether oxygens (including phenoxy) is 1. The molecule has 7 nitrogen and oxygen atoms in total. The van der Waals surface area contributed by atoms with Crippen LogP contribution in [0, 0.1) is 16.7 Å². The van der Waals surface area contributed by atoms with E-state index in [0.29, 0.717) is 11.1 Å². The third kappa shape index (κ3) is 3.25. The molecule has 0 spiro atoms. The molecule has 4 atom stereocenters. The largest absolute Gasteiger partial charge is 0.465 e. The van der Waals surface area contributed by atoms with Crippen molar-refractivity contribution in [1.82, 2.24) is 4.90 Å². The Morgan fingerprint density at radius 3 is 2.66 bits per heavy atom. The van der Waals surface area contributed by atoms with Crippen LogP contribution in [0.4, 0.5) is 0 Å². The van der Waals surface area contributed by atoms with E-state index in [1.165, 1.54) is 13.1 Å². The average molecular weight is 458 g/mol. The van der Waals surface area contributed by atoms with Crippen LogP contribution in [0.15, 0.2) is 52.7 Å². The van der Waals surface area contributed by atoms with E-state index in [1.807, 2.05) is 0 Å². The standard InChI is InChI=1S/C21H20BrN3O4/c1-3-29-20(28)21(11-23)16-8-7-14(12(2)26)10-25(16)18(19(24)27)17(21)13-5-4-6-15(22)9-13/h4-10,16-18H,3H2,1-2H3,(H2,24,27). The highest BCUT2D eigenvalue weighted by Crippen LogP contribution is 2.53. The number of Topliss-reactive ketones (excluding diaryl/α,β-unsaturated/α-hetero) is 1. The van der Waals surface area contributed by atoms with Crippen molar-refractivity contribution in [3.05, 3.63) is 58.2 Å². The van der Waals surface area contributed by atoms with Gasteiger partial charge in [-0.3, -0.25) is 14.4 Å². The molecule has 0 saturated carbocycles. The summed E-state index contributed by atoms with van der Waals surface area (Å²) in [5.41, 5.74) is 4.99. The molecule has 0 bridgehead atoms. The number of fused-ring (bicyclic) bond motifs is 1. The van der Waals surface area contributed by atoms with Crippen LogP contribution >= 0.6 is 15.9 Å². The summed E-state index contributed by atoms with van der Waals surface area (Å²) in [5.74, 6) is -2.52. The van der Waals surface area contributed by atoms with E-state index in [4.69, 9.17) is 10.5 Å². The molecule has 150 valence electrons. The smallest absolute Gasteiger partial charge is 0.329 e. The SMILES string of the molecule is CCOC(=O)C1(C#N)C(c2cccc(Br)c2)C(C(N)=O)N2C=C(C(C)=O)C=CC21. The number of nitriles is 1. The third-order valence-electron chi connectivity index (χ3n) is 5.37. The van der Waals surface area contributed by atoms with Gasteiger partial charge in [0.2, 0.25) is 5.91 Å². The van der Waals surface area contributed by atoms with E-state index in [9.17, 15) is 19.6 Å². The van der Waals surface area contributed by atoms with Crippen molar-refractivity contribution in [2.45, 2.75) is 31.8 Å². The number of esters is 1. The normalized spacial score (nSPS) is 27.6. The number of ketones is 1. The number of benzene rings is 1. The zero-order chi connectivity index (χ0) is 21.3. The summed E-state index contributed by atoms with van der Waals surface area (Å²) in [6.45, 7) is 3.14. The van der Waals surface area contributed by atoms with Crippen LogP contribution in [-0.4, -0.2) is 41.3 Å². The molecule has 0 aliphatic carbocycles. The molecule has 1 amide bonds. The summed E-state index contributed by atoms with van der Waals surface area (Å²) in [7, 11) is 0. The molecule has 1 aromatic carbocycles. The highest BCUT2D eigenvalue weighted by molar-refractivity contribution is 9.10. The second-order valence-electron chi connectivity index (χ2n) is 6.97. The first-order valence-corrected chi connectivity index (χ1v) is 9.88. The predicted octanol–water partition coefficient (Wildman–Crippen LogP) is 2.19. The number of allylic oxidation sites excluding steroid dienone is 2. The molecule has 1 saturated heterocycles. The number of rotatable bonds is 5. The van der Waals surface area contributed by atoms with Crippen LogP contribution in [0.2, 0.25) is 0 Å². The predicted molar refractivity (Wildman–Crippen MR) is 108 cm³/mol. The highest BCUT2D eigenvalue weighted by Gasteiger charge is 2.66. The number of carbonyl (C=O) groups is 3. The Hall–Kier alpha value is -2.92. The molecule has 8 heteroatoms. The number of hydrogen-bond donors (Lipinski definition) is 1. The third-order valence-corrected chi connectivity index (χ3v) is 5.86. The van der Waals surface area contributed by atoms with E-state index in [2.05, 4.69) is 22.0 Å².